The van der Waals surface area contributed by atoms with E-state index in [0.717, 1.165) is 22.0 Å². The number of carbonyl (C=O) groups is 1. The Morgan fingerprint density at radius 2 is 1.67 bits per heavy atom. The molecule has 9 heteroatoms. The van der Waals surface area contributed by atoms with Crippen LogP contribution >= 0.6 is 34.8 Å². The second-order valence-corrected chi connectivity index (χ2v) is 11.1. The summed E-state index contributed by atoms with van der Waals surface area (Å²) in [5.41, 5.74) is 2.41. The highest BCUT2D eigenvalue weighted by Crippen LogP contribution is 2.33. The topological polar surface area (TPSA) is 57.7 Å². The Labute approximate surface area is 208 Å². The second kappa shape index (κ2) is 9.65. The van der Waals surface area contributed by atoms with Crippen molar-refractivity contribution < 1.29 is 13.2 Å². The molecule has 1 aliphatic rings. The van der Waals surface area contributed by atoms with Gasteiger partial charge in [0.05, 0.1) is 11.4 Å². The summed E-state index contributed by atoms with van der Waals surface area (Å²) < 4.78 is 28.2. The van der Waals surface area contributed by atoms with Gasteiger partial charge in [-0.3, -0.25) is 4.79 Å². The van der Waals surface area contributed by atoms with Crippen molar-refractivity contribution in [3.05, 3.63) is 92.9 Å². The van der Waals surface area contributed by atoms with Gasteiger partial charge in [-0.05, 0) is 66.9 Å². The van der Waals surface area contributed by atoms with E-state index >= 15 is 0 Å². The van der Waals surface area contributed by atoms with Crippen molar-refractivity contribution in [1.82, 2.24) is 4.31 Å². The molecule has 0 saturated carbocycles. The Balaban J connectivity index is 1.69. The predicted octanol–water partition coefficient (Wildman–Crippen LogP) is 5.82. The molecule has 0 bridgehead atoms. The molecule has 0 spiro atoms. The summed E-state index contributed by atoms with van der Waals surface area (Å²) in [6.45, 7) is 1.52. The molecule has 0 fully saturated rings. The number of hydrogen-bond donors (Lipinski definition) is 0. The molecule has 0 N–H and O–H groups in total. The smallest absolute Gasteiger partial charge is 0.243 e. The van der Waals surface area contributed by atoms with E-state index in [4.69, 9.17) is 34.8 Å². The number of para-hydroxylation sites is 1. The van der Waals surface area contributed by atoms with E-state index < -0.39 is 10.0 Å². The van der Waals surface area contributed by atoms with Gasteiger partial charge >= 0.3 is 0 Å². The Bertz CT molecular complexity index is 1300. The number of rotatable bonds is 6. The molecule has 4 rings (SSSR count). The number of fused-ring (bicyclic) bond motifs is 1. The van der Waals surface area contributed by atoms with Crippen molar-refractivity contribution >= 4 is 56.4 Å². The second-order valence-electron chi connectivity index (χ2n) is 7.91. The summed E-state index contributed by atoms with van der Waals surface area (Å²) in [5.74, 6) is -0.310. The lowest BCUT2D eigenvalue weighted by Gasteiger charge is -2.28. The minimum absolute atomic E-state index is 0.0413. The molecule has 1 aliphatic heterocycles. The number of nitrogens with zero attached hydrogens (tertiary/aromatic N) is 2. The first-order valence-corrected chi connectivity index (χ1v) is 12.8. The highest BCUT2D eigenvalue weighted by Gasteiger charge is 2.34. The van der Waals surface area contributed by atoms with Crippen LogP contribution in [0.5, 0.6) is 0 Å². The van der Waals surface area contributed by atoms with E-state index in [1.807, 2.05) is 31.2 Å². The summed E-state index contributed by atoms with van der Waals surface area (Å²) >= 11 is 18.3. The molecule has 172 valence electrons. The number of anilines is 1. The molecule has 1 atom stereocenters. The summed E-state index contributed by atoms with van der Waals surface area (Å²) in [6.07, 6.45) is 0.717. The monoisotopic (exact) mass is 522 g/mol. The maximum Gasteiger partial charge on any atom is 0.243 e. The highest BCUT2D eigenvalue weighted by molar-refractivity contribution is 7.89. The first-order chi connectivity index (χ1) is 15.7. The van der Waals surface area contributed by atoms with Gasteiger partial charge in [-0.2, -0.15) is 4.31 Å². The summed E-state index contributed by atoms with van der Waals surface area (Å²) in [4.78, 5) is 15.1. The molecule has 5 nitrogen and oxygen atoms in total. The van der Waals surface area contributed by atoms with Crippen molar-refractivity contribution in [3.8, 4) is 0 Å². The third-order valence-corrected chi connectivity index (χ3v) is 8.25. The molecular weight excluding hydrogens is 503 g/mol. The number of halogens is 3. The fourth-order valence-electron chi connectivity index (χ4n) is 3.99. The minimum atomic E-state index is -4.03. The van der Waals surface area contributed by atoms with E-state index in [2.05, 4.69) is 0 Å². The third-order valence-electron chi connectivity index (χ3n) is 5.60. The van der Waals surface area contributed by atoms with Crippen LogP contribution in [-0.4, -0.2) is 31.2 Å². The molecular formula is C24H21Cl3N2O3S. The number of hydrogen-bond acceptors (Lipinski definition) is 3. The Morgan fingerprint density at radius 3 is 2.36 bits per heavy atom. The van der Waals surface area contributed by atoms with E-state index in [1.165, 1.54) is 24.3 Å². The van der Waals surface area contributed by atoms with Gasteiger partial charge in [0.1, 0.15) is 0 Å². The lowest BCUT2D eigenvalue weighted by Crippen LogP contribution is -2.44. The van der Waals surface area contributed by atoms with Crippen LogP contribution < -0.4 is 4.90 Å². The van der Waals surface area contributed by atoms with Crippen LogP contribution in [0.3, 0.4) is 0 Å². The summed E-state index contributed by atoms with van der Waals surface area (Å²) in [5, 5.41) is 1.18. The van der Waals surface area contributed by atoms with Gasteiger partial charge in [0.15, 0.2) is 0 Å². The fourth-order valence-corrected chi connectivity index (χ4v) is 5.96. The molecule has 1 amide bonds. The number of carbonyl (C=O) groups excluding carboxylic acids is 1. The van der Waals surface area contributed by atoms with Crippen molar-refractivity contribution in [2.24, 2.45) is 0 Å². The quantitative estimate of drug-likeness (QED) is 0.409. The zero-order valence-corrected chi connectivity index (χ0v) is 20.8. The van der Waals surface area contributed by atoms with E-state index in [-0.39, 0.29) is 29.9 Å². The average molecular weight is 524 g/mol. The van der Waals surface area contributed by atoms with Gasteiger partial charge in [0.2, 0.25) is 15.9 Å². The zero-order valence-electron chi connectivity index (χ0n) is 17.7. The van der Waals surface area contributed by atoms with Gasteiger partial charge in [-0.15, -0.1) is 0 Å². The van der Waals surface area contributed by atoms with Crippen LogP contribution in [0.1, 0.15) is 18.1 Å². The van der Waals surface area contributed by atoms with Crippen LogP contribution in [-0.2, 0) is 27.8 Å². The Kier molecular flexibility index (Phi) is 7.03. The average Bonchev–Trinajstić information content (AvgIpc) is 3.11. The molecule has 33 heavy (non-hydrogen) atoms. The fraction of sp³-hybridized carbons (Fsp3) is 0.208. The van der Waals surface area contributed by atoms with Crippen LogP contribution in [0, 0.1) is 0 Å². The van der Waals surface area contributed by atoms with Gasteiger partial charge in [-0.25, -0.2) is 8.42 Å². The number of benzene rings is 3. The third kappa shape index (κ3) is 5.05. The van der Waals surface area contributed by atoms with Gasteiger partial charge < -0.3 is 4.90 Å². The van der Waals surface area contributed by atoms with E-state index in [1.54, 1.807) is 23.1 Å². The maximum absolute atomic E-state index is 13.5. The SMILES string of the molecule is C[C@H]1Cc2ccccc2N1C(=O)CN(Cc1ccc(Cl)cc1Cl)S(=O)(=O)c1ccc(Cl)cc1. The van der Waals surface area contributed by atoms with Crippen LogP contribution in [0.25, 0.3) is 0 Å². The van der Waals surface area contributed by atoms with Crippen molar-refractivity contribution in [2.75, 3.05) is 11.4 Å². The van der Waals surface area contributed by atoms with Crippen molar-refractivity contribution in [3.63, 3.8) is 0 Å². The molecule has 3 aromatic rings. The molecule has 0 aromatic heterocycles. The Hall–Kier alpha value is -2.09. The number of sulfonamides is 1. The van der Waals surface area contributed by atoms with Gasteiger partial charge in [-0.1, -0.05) is 59.1 Å². The molecule has 1 heterocycles. The van der Waals surface area contributed by atoms with Crippen LogP contribution in [0.4, 0.5) is 5.69 Å². The standard InChI is InChI=1S/C24H21Cl3N2O3S/c1-16-12-17-4-2-3-5-23(17)29(16)24(30)15-28(14-18-6-7-20(26)13-22(18)27)33(31,32)21-10-8-19(25)9-11-21/h2-11,13,16H,12,14-15H2,1H3/t16-/m0/s1. The first-order valence-electron chi connectivity index (χ1n) is 10.3. The molecule has 0 unspecified atom stereocenters. The van der Waals surface area contributed by atoms with Crippen molar-refractivity contribution in [2.45, 2.75) is 30.8 Å². The highest BCUT2D eigenvalue weighted by atomic mass is 35.5. The molecule has 0 saturated heterocycles. The van der Waals surface area contributed by atoms with E-state index in [0.29, 0.717) is 20.6 Å². The Morgan fingerprint density at radius 1 is 1.00 bits per heavy atom. The molecule has 0 radical (unpaired) electrons. The predicted molar refractivity (Wildman–Crippen MR) is 133 cm³/mol. The van der Waals surface area contributed by atoms with Crippen molar-refractivity contribution in [1.29, 1.82) is 0 Å². The van der Waals surface area contributed by atoms with Gasteiger partial charge in [0.25, 0.3) is 0 Å². The minimum Gasteiger partial charge on any atom is -0.308 e. The summed E-state index contributed by atoms with van der Waals surface area (Å²) in [7, 11) is -4.03. The first kappa shape index (κ1) is 24.0. The van der Waals surface area contributed by atoms with E-state index in [9.17, 15) is 13.2 Å². The van der Waals surface area contributed by atoms with Crippen LogP contribution in [0.15, 0.2) is 71.6 Å². The molecule has 0 aliphatic carbocycles. The van der Waals surface area contributed by atoms with Gasteiger partial charge in [0, 0.05) is 33.3 Å². The van der Waals surface area contributed by atoms with Crippen LogP contribution in [0.2, 0.25) is 15.1 Å². The normalized spacial score (nSPS) is 15.7. The zero-order chi connectivity index (χ0) is 23.8. The lowest BCUT2D eigenvalue weighted by molar-refractivity contribution is -0.119. The number of amides is 1. The molecule has 3 aromatic carbocycles. The maximum atomic E-state index is 13.5. The lowest BCUT2D eigenvalue weighted by atomic mass is 10.1. The largest absolute Gasteiger partial charge is 0.308 e. The summed E-state index contributed by atoms with van der Waals surface area (Å²) in [6, 6.07) is 18.3.